The highest BCUT2D eigenvalue weighted by Crippen LogP contribution is 2.27. The minimum absolute atomic E-state index is 0.0844. The van der Waals surface area contributed by atoms with Crippen molar-refractivity contribution in [2.75, 3.05) is 13.1 Å². The van der Waals surface area contributed by atoms with Crippen molar-refractivity contribution in [3.63, 3.8) is 0 Å². The van der Waals surface area contributed by atoms with Crippen molar-refractivity contribution in [3.05, 3.63) is 38.3 Å². The van der Waals surface area contributed by atoms with Gasteiger partial charge >= 0.3 is 0 Å². The molecule has 1 unspecified atom stereocenters. The summed E-state index contributed by atoms with van der Waals surface area (Å²) in [5.41, 5.74) is 0.859. The van der Waals surface area contributed by atoms with E-state index in [1.807, 2.05) is 0 Å². The summed E-state index contributed by atoms with van der Waals surface area (Å²) in [6, 6.07) is 4.76. The van der Waals surface area contributed by atoms with Crippen LogP contribution in [0, 0.1) is 10.1 Å². The number of nitro groups is 1. The van der Waals surface area contributed by atoms with E-state index in [1.165, 1.54) is 12.1 Å². The predicted octanol–water partition coefficient (Wildman–Crippen LogP) is 3.02. The molecule has 1 heterocycles. The van der Waals surface area contributed by atoms with Gasteiger partial charge in [0.25, 0.3) is 5.69 Å². The van der Waals surface area contributed by atoms with Crippen molar-refractivity contribution in [2.45, 2.75) is 32.0 Å². The van der Waals surface area contributed by atoms with Gasteiger partial charge in [-0.1, -0.05) is 15.9 Å². The highest BCUT2D eigenvalue weighted by molar-refractivity contribution is 9.10. The molecule has 5 nitrogen and oxygen atoms in total. The summed E-state index contributed by atoms with van der Waals surface area (Å²) in [5, 5.41) is 14.0. The van der Waals surface area contributed by atoms with Crippen LogP contribution in [-0.4, -0.2) is 23.6 Å². The summed E-state index contributed by atoms with van der Waals surface area (Å²) in [7, 11) is 0. The smallest absolute Gasteiger partial charge is 0.270 e. The lowest BCUT2D eigenvalue weighted by molar-refractivity contribution is -0.384. The Morgan fingerprint density at radius 2 is 2.37 bits per heavy atom. The van der Waals surface area contributed by atoms with Crippen LogP contribution in [0.25, 0.3) is 0 Å². The fourth-order valence-electron chi connectivity index (χ4n) is 2.17. The molecule has 6 heteroatoms. The summed E-state index contributed by atoms with van der Waals surface area (Å²) in [6.07, 6.45) is 2.14. The Bertz CT molecular complexity index is 473. The van der Waals surface area contributed by atoms with Gasteiger partial charge in [0.2, 0.25) is 0 Å². The molecule has 1 N–H and O–H groups in total. The van der Waals surface area contributed by atoms with Gasteiger partial charge in [-0.25, -0.2) is 0 Å². The Labute approximate surface area is 120 Å². The van der Waals surface area contributed by atoms with Crippen LogP contribution >= 0.6 is 15.9 Å². The molecule has 1 atom stereocenters. The van der Waals surface area contributed by atoms with Crippen LogP contribution in [0.5, 0.6) is 0 Å². The van der Waals surface area contributed by atoms with Crippen LogP contribution in [0.2, 0.25) is 0 Å². The fraction of sp³-hybridized carbons (Fsp3) is 0.538. The Morgan fingerprint density at radius 3 is 2.95 bits per heavy atom. The third kappa shape index (κ3) is 3.75. The average Bonchev–Trinajstić information content (AvgIpc) is 2.38. The molecule has 0 bridgehead atoms. The first-order valence-corrected chi connectivity index (χ1v) is 7.07. The Balaban J connectivity index is 2.01. The van der Waals surface area contributed by atoms with E-state index in [4.69, 9.17) is 4.74 Å². The molecule has 1 saturated heterocycles. The zero-order valence-corrected chi connectivity index (χ0v) is 12.4. The number of halogens is 1. The number of nitrogens with one attached hydrogen (secondary N) is 1. The summed E-state index contributed by atoms with van der Waals surface area (Å²) >= 11 is 3.36. The van der Waals surface area contributed by atoms with E-state index in [0.717, 1.165) is 31.5 Å². The van der Waals surface area contributed by atoms with Gasteiger partial charge in [-0.15, -0.1) is 0 Å². The van der Waals surface area contributed by atoms with Gasteiger partial charge in [0.05, 0.1) is 17.1 Å². The van der Waals surface area contributed by atoms with Gasteiger partial charge in [0, 0.05) is 23.2 Å². The van der Waals surface area contributed by atoms with Gasteiger partial charge in [-0.05, 0) is 37.9 Å². The van der Waals surface area contributed by atoms with Gasteiger partial charge in [0.1, 0.15) is 0 Å². The number of benzene rings is 1. The van der Waals surface area contributed by atoms with Crippen molar-refractivity contribution >= 4 is 21.6 Å². The highest BCUT2D eigenvalue weighted by atomic mass is 79.9. The SMILES string of the molecule is CC1(OCc2ccc([N+](=O)[O-])cc2Br)CCCNC1. The normalized spacial score (nSPS) is 23.3. The van der Waals surface area contributed by atoms with E-state index < -0.39 is 4.92 Å². The first-order chi connectivity index (χ1) is 9.00. The molecule has 1 aliphatic heterocycles. The van der Waals surface area contributed by atoms with Crippen molar-refractivity contribution in [1.82, 2.24) is 5.32 Å². The second-order valence-electron chi connectivity index (χ2n) is 5.05. The van der Waals surface area contributed by atoms with Crippen molar-refractivity contribution < 1.29 is 9.66 Å². The second-order valence-corrected chi connectivity index (χ2v) is 5.91. The monoisotopic (exact) mass is 328 g/mol. The van der Waals surface area contributed by atoms with Gasteiger partial charge < -0.3 is 10.1 Å². The maximum atomic E-state index is 10.7. The lowest BCUT2D eigenvalue weighted by Gasteiger charge is -2.34. The largest absolute Gasteiger partial charge is 0.369 e. The van der Waals surface area contributed by atoms with Gasteiger partial charge in [0.15, 0.2) is 0 Å². The molecule has 0 amide bonds. The third-order valence-electron chi connectivity index (χ3n) is 3.38. The van der Waals surface area contributed by atoms with E-state index in [1.54, 1.807) is 6.07 Å². The number of piperidine rings is 1. The summed E-state index contributed by atoms with van der Waals surface area (Å²) in [5.74, 6) is 0. The number of nitro benzene ring substituents is 1. The number of hydrogen-bond acceptors (Lipinski definition) is 4. The van der Waals surface area contributed by atoms with E-state index in [0.29, 0.717) is 11.1 Å². The number of rotatable bonds is 4. The molecule has 19 heavy (non-hydrogen) atoms. The Hall–Kier alpha value is -0.980. The molecule has 1 fully saturated rings. The van der Waals surface area contributed by atoms with Crippen LogP contribution in [0.1, 0.15) is 25.3 Å². The van der Waals surface area contributed by atoms with Crippen molar-refractivity contribution in [1.29, 1.82) is 0 Å². The molecule has 0 radical (unpaired) electrons. The summed E-state index contributed by atoms with van der Waals surface area (Å²) in [6.45, 7) is 4.44. The topological polar surface area (TPSA) is 64.4 Å². The quantitative estimate of drug-likeness (QED) is 0.681. The lowest BCUT2D eigenvalue weighted by Crippen LogP contribution is -2.45. The van der Waals surface area contributed by atoms with E-state index in [9.17, 15) is 10.1 Å². The maximum Gasteiger partial charge on any atom is 0.270 e. The van der Waals surface area contributed by atoms with Gasteiger partial charge in [-0.2, -0.15) is 0 Å². The number of hydrogen-bond donors (Lipinski definition) is 1. The Morgan fingerprint density at radius 1 is 1.58 bits per heavy atom. The molecule has 1 aromatic rings. The summed E-state index contributed by atoms with van der Waals surface area (Å²) in [4.78, 5) is 10.3. The summed E-state index contributed by atoms with van der Waals surface area (Å²) < 4.78 is 6.69. The maximum absolute atomic E-state index is 10.7. The minimum atomic E-state index is -0.401. The molecule has 104 valence electrons. The lowest BCUT2D eigenvalue weighted by atomic mass is 9.96. The molecule has 2 rings (SSSR count). The zero-order chi connectivity index (χ0) is 13.9. The van der Waals surface area contributed by atoms with Crippen molar-refractivity contribution in [3.8, 4) is 0 Å². The molecule has 0 aromatic heterocycles. The molecule has 1 aromatic carbocycles. The van der Waals surface area contributed by atoms with Crippen LogP contribution < -0.4 is 5.32 Å². The molecule has 0 aliphatic carbocycles. The molecular formula is C13H17BrN2O3. The van der Waals surface area contributed by atoms with Crippen LogP contribution in [0.3, 0.4) is 0 Å². The standard InChI is InChI=1S/C13H17BrN2O3/c1-13(5-2-6-15-9-13)19-8-10-3-4-11(16(17)18)7-12(10)14/h3-4,7,15H,2,5-6,8-9H2,1H3. The third-order valence-corrected chi connectivity index (χ3v) is 4.12. The van der Waals surface area contributed by atoms with E-state index in [-0.39, 0.29) is 11.3 Å². The highest BCUT2D eigenvalue weighted by Gasteiger charge is 2.27. The second kappa shape index (κ2) is 5.98. The minimum Gasteiger partial charge on any atom is -0.369 e. The fourth-order valence-corrected chi connectivity index (χ4v) is 2.65. The van der Waals surface area contributed by atoms with E-state index in [2.05, 4.69) is 28.2 Å². The molecular weight excluding hydrogens is 312 g/mol. The first kappa shape index (κ1) is 14.4. The van der Waals surface area contributed by atoms with Crippen molar-refractivity contribution in [2.24, 2.45) is 0 Å². The number of nitrogens with zero attached hydrogens (tertiary/aromatic N) is 1. The molecule has 0 saturated carbocycles. The van der Waals surface area contributed by atoms with E-state index >= 15 is 0 Å². The zero-order valence-electron chi connectivity index (χ0n) is 10.8. The first-order valence-electron chi connectivity index (χ1n) is 6.28. The Kier molecular flexibility index (Phi) is 4.54. The number of ether oxygens (including phenoxy) is 1. The predicted molar refractivity (Wildman–Crippen MR) is 76.1 cm³/mol. The number of non-ortho nitro benzene ring substituents is 1. The average molecular weight is 329 g/mol. The molecule has 1 aliphatic rings. The molecule has 0 spiro atoms. The van der Waals surface area contributed by atoms with Crippen LogP contribution in [-0.2, 0) is 11.3 Å². The van der Waals surface area contributed by atoms with Crippen LogP contribution in [0.4, 0.5) is 5.69 Å². The van der Waals surface area contributed by atoms with Gasteiger partial charge in [-0.3, -0.25) is 10.1 Å². The van der Waals surface area contributed by atoms with Crippen LogP contribution in [0.15, 0.2) is 22.7 Å².